The van der Waals surface area contributed by atoms with E-state index in [9.17, 15) is 0 Å². The van der Waals surface area contributed by atoms with E-state index in [0.29, 0.717) is 0 Å². The van der Waals surface area contributed by atoms with Crippen LogP contribution in [0.3, 0.4) is 0 Å². The normalized spacial score (nSPS) is 14.3. The molecule has 0 aliphatic rings. The first-order chi connectivity index (χ1) is 17.3. The van der Waals surface area contributed by atoms with Crippen LogP contribution in [-0.2, 0) is 0 Å². The van der Waals surface area contributed by atoms with Gasteiger partial charge in [-0.25, -0.2) is 0 Å². The average Bonchev–Trinajstić information content (AvgIpc) is 2.86. The van der Waals surface area contributed by atoms with E-state index in [2.05, 4.69) is 181 Å². The van der Waals surface area contributed by atoms with Gasteiger partial charge in [0.15, 0.2) is 0 Å². The van der Waals surface area contributed by atoms with Gasteiger partial charge in [0.05, 0.1) is 0 Å². The first-order valence-corrected chi connectivity index (χ1v) is 13.8. The Bertz CT molecular complexity index is 1100. The van der Waals surface area contributed by atoms with Crippen LogP contribution < -0.4 is 0 Å². The lowest BCUT2D eigenvalue weighted by Crippen LogP contribution is -1.74. The predicted octanol–water partition coefficient (Wildman–Crippen LogP) is 11.6. The zero-order valence-electron chi connectivity index (χ0n) is 21.7. The highest BCUT2D eigenvalue weighted by molar-refractivity contribution is 9.10. The van der Waals surface area contributed by atoms with Crippen LogP contribution in [0.2, 0.25) is 0 Å². The van der Waals surface area contributed by atoms with Crippen molar-refractivity contribution in [3.63, 3.8) is 0 Å². The fourth-order valence-corrected chi connectivity index (χ4v) is 3.70. The molecule has 2 aromatic rings. The van der Waals surface area contributed by atoms with Crippen LogP contribution in [-0.4, -0.2) is 0 Å². The van der Waals surface area contributed by atoms with Crippen LogP contribution in [0.4, 0.5) is 0 Å². The second kappa shape index (κ2) is 16.9. The SMILES string of the molecule is CC(/C=C/c1ccc(Br)cc1)=C\C=C\C(C)=C\CC/C=C(C)/C=C/C=C(C)/C=C/c1ccc(Br)cc1. The molecule has 0 aliphatic carbocycles. The van der Waals surface area contributed by atoms with Crippen molar-refractivity contribution >= 4 is 44.0 Å². The smallest absolute Gasteiger partial charge is 0.0175 e. The quantitative estimate of drug-likeness (QED) is 0.177. The molecule has 0 nitrogen and oxygen atoms in total. The van der Waals surface area contributed by atoms with E-state index in [1.165, 1.54) is 33.4 Å². The molecule has 0 fully saturated rings. The molecule has 0 bridgehead atoms. The average molecular weight is 604 g/mol. The number of rotatable bonds is 11. The van der Waals surface area contributed by atoms with Crippen LogP contribution >= 0.6 is 31.9 Å². The first kappa shape index (κ1) is 29.5. The molecule has 0 N–H and O–H groups in total. The van der Waals surface area contributed by atoms with Crippen molar-refractivity contribution < 1.29 is 0 Å². The summed E-state index contributed by atoms with van der Waals surface area (Å²) in [5.41, 5.74) is 7.41. The van der Waals surface area contributed by atoms with Crippen LogP contribution in [0, 0.1) is 0 Å². The highest BCUT2D eigenvalue weighted by atomic mass is 79.9. The number of hydrogen-bond acceptors (Lipinski definition) is 0. The molecule has 0 heterocycles. The molecule has 0 aliphatic heterocycles. The fourth-order valence-electron chi connectivity index (χ4n) is 3.18. The molecule has 2 aromatic carbocycles. The standard InChI is InChI=1S/C34H36Br2/c1-27(11-7-13-29(3)15-17-31-19-23-33(35)24-20-31)9-5-6-10-28(2)12-8-14-30(4)16-18-32-21-25-34(36)26-22-32/h7-26H,5-6H2,1-4H3/b11-7+,12-8+,17-15+,18-16+,27-9+,28-10+,29-13+,30-14+. The molecular weight excluding hydrogens is 568 g/mol. The first-order valence-electron chi connectivity index (χ1n) is 12.2. The van der Waals surface area contributed by atoms with Crippen molar-refractivity contribution in [3.05, 3.63) is 152 Å². The van der Waals surface area contributed by atoms with E-state index < -0.39 is 0 Å². The molecule has 36 heavy (non-hydrogen) atoms. The lowest BCUT2D eigenvalue weighted by atomic mass is 10.1. The Balaban J connectivity index is 1.75. The molecule has 0 amide bonds. The van der Waals surface area contributed by atoms with Gasteiger partial charge in [-0.05, 0) is 75.9 Å². The van der Waals surface area contributed by atoms with Crippen LogP contribution in [0.5, 0.6) is 0 Å². The lowest BCUT2D eigenvalue weighted by molar-refractivity contribution is 1.03. The summed E-state index contributed by atoms with van der Waals surface area (Å²) in [6.07, 6.45) is 28.1. The molecule has 0 saturated heterocycles. The van der Waals surface area contributed by atoms with Gasteiger partial charge in [0, 0.05) is 8.95 Å². The van der Waals surface area contributed by atoms with Gasteiger partial charge in [0.1, 0.15) is 0 Å². The molecule has 0 atom stereocenters. The summed E-state index contributed by atoms with van der Waals surface area (Å²) in [7, 11) is 0. The van der Waals surface area contributed by atoms with Gasteiger partial charge in [-0.15, -0.1) is 0 Å². The third-order valence-electron chi connectivity index (χ3n) is 5.35. The number of unbranched alkanes of at least 4 members (excludes halogenated alkanes) is 1. The largest absolute Gasteiger partial charge is 0.0813 e. The third kappa shape index (κ3) is 13.4. The van der Waals surface area contributed by atoms with Gasteiger partial charge in [-0.1, -0.05) is 151 Å². The molecular formula is C34H36Br2. The van der Waals surface area contributed by atoms with Gasteiger partial charge in [0.2, 0.25) is 0 Å². The monoisotopic (exact) mass is 602 g/mol. The van der Waals surface area contributed by atoms with E-state index in [1.807, 2.05) is 0 Å². The summed E-state index contributed by atoms with van der Waals surface area (Å²) in [6.45, 7) is 8.55. The molecule has 0 radical (unpaired) electrons. The highest BCUT2D eigenvalue weighted by Gasteiger charge is 1.89. The van der Waals surface area contributed by atoms with Gasteiger partial charge in [0.25, 0.3) is 0 Å². The van der Waals surface area contributed by atoms with Crippen molar-refractivity contribution in [1.82, 2.24) is 0 Å². The summed E-state index contributed by atoms with van der Waals surface area (Å²) in [4.78, 5) is 0. The van der Waals surface area contributed by atoms with E-state index in [0.717, 1.165) is 21.8 Å². The van der Waals surface area contributed by atoms with Crippen LogP contribution in [0.25, 0.3) is 12.2 Å². The van der Waals surface area contributed by atoms with E-state index in [1.54, 1.807) is 0 Å². The minimum atomic E-state index is 1.04. The minimum Gasteiger partial charge on any atom is -0.0813 e. The summed E-state index contributed by atoms with van der Waals surface area (Å²) < 4.78 is 2.20. The van der Waals surface area contributed by atoms with Crippen molar-refractivity contribution in [2.75, 3.05) is 0 Å². The lowest BCUT2D eigenvalue weighted by Gasteiger charge is -1.96. The number of benzene rings is 2. The maximum absolute atomic E-state index is 3.47. The molecule has 0 unspecified atom stereocenters. The highest BCUT2D eigenvalue weighted by Crippen LogP contribution is 2.14. The molecule has 2 rings (SSSR count). The fraction of sp³-hybridized carbons (Fsp3) is 0.176. The van der Waals surface area contributed by atoms with Crippen LogP contribution in [0.1, 0.15) is 51.7 Å². The van der Waals surface area contributed by atoms with Gasteiger partial charge in [-0.3, -0.25) is 0 Å². The Kier molecular flexibility index (Phi) is 13.9. The number of hydrogen-bond donors (Lipinski definition) is 0. The Morgan fingerprint density at radius 2 is 0.889 bits per heavy atom. The maximum atomic E-state index is 3.47. The van der Waals surface area contributed by atoms with Gasteiger partial charge < -0.3 is 0 Å². The van der Waals surface area contributed by atoms with E-state index >= 15 is 0 Å². The summed E-state index contributed by atoms with van der Waals surface area (Å²) in [5.74, 6) is 0. The van der Waals surface area contributed by atoms with Crippen molar-refractivity contribution in [1.29, 1.82) is 0 Å². The van der Waals surface area contributed by atoms with E-state index in [-0.39, 0.29) is 0 Å². The number of allylic oxidation sites excluding steroid dienone is 14. The Labute approximate surface area is 235 Å². The molecule has 0 saturated carbocycles. The predicted molar refractivity (Wildman–Crippen MR) is 169 cm³/mol. The van der Waals surface area contributed by atoms with Crippen molar-refractivity contribution in [2.45, 2.75) is 40.5 Å². The van der Waals surface area contributed by atoms with Crippen LogP contribution in [0.15, 0.2) is 141 Å². The van der Waals surface area contributed by atoms with Gasteiger partial charge >= 0.3 is 0 Å². The summed E-state index contributed by atoms with van der Waals surface area (Å²) in [6, 6.07) is 16.6. The minimum absolute atomic E-state index is 1.04. The van der Waals surface area contributed by atoms with Crippen molar-refractivity contribution in [2.24, 2.45) is 0 Å². The second-order valence-electron chi connectivity index (χ2n) is 8.78. The summed E-state index contributed by atoms with van der Waals surface area (Å²) in [5, 5.41) is 0. The Morgan fingerprint density at radius 3 is 1.25 bits per heavy atom. The summed E-state index contributed by atoms with van der Waals surface area (Å²) >= 11 is 6.94. The van der Waals surface area contributed by atoms with Gasteiger partial charge in [-0.2, -0.15) is 0 Å². The molecule has 186 valence electrons. The zero-order chi connectivity index (χ0) is 26.2. The zero-order valence-corrected chi connectivity index (χ0v) is 24.9. The van der Waals surface area contributed by atoms with Crippen molar-refractivity contribution in [3.8, 4) is 0 Å². The molecule has 0 spiro atoms. The third-order valence-corrected chi connectivity index (χ3v) is 6.41. The topological polar surface area (TPSA) is 0 Å². The van der Waals surface area contributed by atoms with E-state index in [4.69, 9.17) is 0 Å². The number of halogens is 2. The Hall–Kier alpha value is -2.68. The second-order valence-corrected chi connectivity index (χ2v) is 10.6. The maximum Gasteiger partial charge on any atom is 0.0175 e. The molecule has 2 heteroatoms. The Morgan fingerprint density at radius 1 is 0.528 bits per heavy atom. The molecule has 0 aromatic heterocycles.